The van der Waals surface area contributed by atoms with Crippen molar-refractivity contribution in [2.24, 2.45) is 5.73 Å². The second-order valence-corrected chi connectivity index (χ2v) is 7.16. The minimum absolute atomic E-state index is 0.0929. The molecule has 0 unspecified atom stereocenters. The lowest BCUT2D eigenvalue weighted by Gasteiger charge is -2.22. The number of hydrogen-bond donors (Lipinski definition) is 1. The normalized spacial score (nSPS) is 11.6. The third kappa shape index (κ3) is 4.38. The highest BCUT2D eigenvalue weighted by molar-refractivity contribution is 7.89. The molecule has 0 aliphatic carbocycles. The Labute approximate surface area is 140 Å². The summed E-state index contributed by atoms with van der Waals surface area (Å²) in [5.74, 6) is 0. The highest BCUT2D eigenvalue weighted by Gasteiger charge is 2.25. The van der Waals surface area contributed by atoms with E-state index in [1.54, 1.807) is 0 Å². The molecule has 0 amide bonds. The van der Waals surface area contributed by atoms with Gasteiger partial charge in [0.2, 0.25) is 10.0 Å². The van der Waals surface area contributed by atoms with Crippen LogP contribution in [-0.4, -0.2) is 30.7 Å². The Morgan fingerprint density at radius 1 is 1.08 bits per heavy atom. The fourth-order valence-electron chi connectivity index (χ4n) is 2.25. The first kappa shape index (κ1) is 18.1. The molecule has 0 radical (unpaired) electrons. The minimum Gasteiger partial charge on any atom is -0.330 e. The molecule has 2 aromatic carbocycles. The quantitative estimate of drug-likeness (QED) is 0.580. The Balaban J connectivity index is 2.36. The van der Waals surface area contributed by atoms with Crippen LogP contribution >= 0.6 is 0 Å². The Bertz CT molecular complexity index is 794. The van der Waals surface area contributed by atoms with E-state index in [2.05, 4.69) is 0 Å². The van der Waals surface area contributed by atoms with Gasteiger partial charge in [0, 0.05) is 25.2 Å². The minimum atomic E-state index is -3.85. The number of nitro benzene ring substituents is 1. The number of rotatable bonds is 8. The Morgan fingerprint density at radius 3 is 2.42 bits per heavy atom. The Hall–Kier alpha value is -2.29. The topological polar surface area (TPSA) is 107 Å². The van der Waals surface area contributed by atoms with Gasteiger partial charge in [0.15, 0.2) is 0 Å². The molecule has 0 saturated heterocycles. The van der Waals surface area contributed by atoms with Crippen LogP contribution in [0.5, 0.6) is 0 Å². The maximum atomic E-state index is 12.9. The van der Waals surface area contributed by atoms with Crippen molar-refractivity contribution < 1.29 is 13.3 Å². The number of nitrogens with zero attached hydrogens (tertiary/aromatic N) is 2. The average molecular weight is 349 g/mol. The third-order valence-corrected chi connectivity index (χ3v) is 5.32. The van der Waals surface area contributed by atoms with Crippen LogP contribution in [0, 0.1) is 10.1 Å². The Morgan fingerprint density at radius 2 is 1.79 bits per heavy atom. The summed E-state index contributed by atoms with van der Waals surface area (Å²) in [6.45, 7) is 0.790. The highest BCUT2D eigenvalue weighted by Crippen LogP contribution is 2.22. The standard InChI is InChI=1S/C16H19N3O4S/c17-10-5-11-18(13-14-6-2-1-3-7-14)24(22,23)16-9-4-8-15(12-16)19(20)21/h1-4,6-9,12H,5,10-11,13,17H2. The van der Waals surface area contributed by atoms with E-state index in [-0.39, 0.29) is 23.7 Å². The third-order valence-electron chi connectivity index (χ3n) is 3.48. The van der Waals surface area contributed by atoms with Gasteiger partial charge in [-0.15, -0.1) is 0 Å². The molecule has 24 heavy (non-hydrogen) atoms. The molecular formula is C16H19N3O4S. The van der Waals surface area contributed by atoms with Crippen molar-refractivity contribution in [3.8, 4) is 0 Å². The smallest absolute Gasteiger partial charge is 0.270 e. The van der Waals surface area contributed by atoms with Crippen LogP contribution in [0.3, 0.4) is 0 Å². The molecule has 0 fully saturated rings. The Kier molecular flexibility index (Phi) is 6.02. The van der Waals surface area contributed by atoms with E-state index in [9.17, 15) is 18.5 Å². The second kappa shape index (κ2) is 8.00. The van der Waals surface area contributed by atoms with Gasteiger partial charge >= 0.3 is 0 Å². The van der Waals surface area contributed by atoms with Crippen molar-refractivity contribution in [3.63, 3.8) is 0 Å². The molecule has 0 aliphatic heterocycles. The summed E-state index contributed by atoms with van der Waals surface area (Å²) in [6.07, 6.45) is 0.501. The molecule has 0 atom stereocenters. The van der Waals surface area contributed by atoms with Crippen molar-refractivity contribution in [2.75, 3.05) is 13.1 Å². The van der Waals surface area contributed by atoms with Crippen molar-refractivity contribution in [1.82, 2.24) is 4.31 Å². The second-order valence-electron chi connectivity index (χ2n) is 5.22. The van der Waals surface area contributed by atoms with Crippen molar-refractivity contribution in [3.05, 3.63) is 70.3 Å². The first-order valence-corrected chi connectivity index (χ1v) is 8.88. The lowest BCUT2D eigenvalue weighted by Crippen LogP contribution is -2.32. The van der Waals surface area contributed by atoms with Gasteiger partial charge in [-0.2, -0.15) is 4.31 Å². The summed E-state index contributed by atoms with van der Waals surface area (Å²) in [7, 11) is -3.85. The van der Waals surface area contributed by atoms with E-state index >= 15 is 0 Å². The van der Waals surface area contributed by atoms with E-state index in [4.69, 9.17) is 5.73 Å². The predicted octanol–water partition coefficient (Wildman–Crippen LogP) is 2.13. The summed E-state index contributed by atoms with van der Waals surface area (Å²) in [5, 5.41) is 10.9. The van der Waals surface area contributed by atoms with Crippen LogP contribution in [0.1, 0.15) is 12.0 Å². The maximum absolute atomic E-state index is 12.9. The molecule has 0 spiro atoms. The molecule has 0 bridgehead atoms. The lowest BCUT2D eigenvalue weighted by atomic mass is 10.2. The summed E-state index contributed by atoms with van der Waals surface area (Å²) in [6, 6.07) is 14.3. The SMILES string of the molecule is NCCCN(Cc1ccccc1)S(=O)(=O)c1cccc([N+](=O)[O-])c1. The van der Waals surface area contributed by atoms with Gasteiger partial charge in [-0.25, -0.2) is 8.42 Å². The summed E-state index contributed by atoms with van der Waals surface area (Å²) in [5.41, 5.74) is 6.09. The zero-order valence-electron chi connectivity index (χ0n) is 13.0. The van der Waals surface area contributed by atoms with Gasteiger partial charge < -0.3 is 5.73 Å². The van der Waals surface area contributed by atoms with Crippen LogP contribution < -0.4 is 5.73 Å². The molecule has 2 aromatic rings. The fourth-order valence-corrected chi connectivity index (χ4v) is 3.75. The molecule has 0 saturated carbocycles. The van der Waals surface area contributed by atoms with Crippen molar-refractivity contribution in [1.29, 1.82) is 0 Å². The molecule has 2 rings (SSSR count). The number of non-ortho nitro benzene ring substituents is 1. The van der Waals surface area contributed by atoms with Gasteiger partial charge in [0.05, 0.1) is 9.82 Å². The summed E-state index contributed by atoms with van der Waals surface area (Å²) < 4.78 is 27.1. The lowest BCUT2D eigenvalue weighted by molar-refractivity contribution is -0.385. The van der Waals surface area contributed by atoms with E-state index in [1.807, 2.05) is 30.3 Å². The number of hydrogen-bond acceptors (Lipinski definition) is 5. The number of nitrogens with two attached hydrogens (primary N) is 1. The summed E-state index contributed by atoms with van der Waals surface area (Å²) in [4.78, 5) is 10.2. The first-order chi connectivity index (χ1) is 11.4. The monoisotopic (exact) mass is 349 g/mol. The van der Waals surface area contributed by atoms with Crippen LogP contribution in [0.15, 0.2) is 59.5 Å². The highest BCUT2D eigenvalue weighted by atomic mass is 32.2. The molecule has 2 N–H and O–H groups in total. The molecule has 0 aliphatic rings. The van der Waals surface area contributed by atoms with E-state index in [0.29, 0.717) is 13.0 Å². The van der Waals surface area contributed by atoms with Gasteiger partial charge in [0.1, 0.15) is 0 Å². The van der Waals surface area contributed by atoms with Crippen LogP contribution in [0.4, 0.5) is 5.69 Å². The number of sulfonamides is 1. The van der Waals surface area contributed by atoms with Gasteiger partial charge in [-0.3, -0.25) is 10.1 Å². The van der Waals surface area contributed by atoms with Gasteiger partial charge in [-0.1, -0.05) is 36.4 Å². The molecular weight excluding hydrogens is 330 g/mol. The van der Waals surface area contributed by atoms with Crippen molar-refractivity contribution in [2.45, 2.75) is 17.9 Å². The molecule has 128 valence electrons. The van der Waals surface area contributed by atoms with Crippen LogP contribution in [0.25, 0.3) is 0 Å². The van der Waals surface area contributed by atoms with Gasteiger partial charge in [0.25, 0.3) is 5.69 Å². The predicted molar refractivity (Wildman–Crippen MR) is 90.8 cm³/mol. The fraction of sp³-hybridized carbons (Fsp3) is 0.250. The average Bonchev–Trinajstić information content (AvgIpc) is 2.59. The van der Waals surface area contributed by atoms with Crippen LogP contribution in [-0.2, 0) is 16.6 Å². The summed E-state index contributed by atoms with van der Waals surface area (Å²) >= 11 is 0. The first-order valence-electron chi connectivity index (χ1n) is 7.44. The number of nitro groups is 1. The zero-order chi connectivity index (χ0) is 17.6. The molecule has 8 heteroatoms. The number of benzene rings is 2. The molecule has 0 aromatic heterocycles. The van der Waals surface area contributed by atoms with Crippen molar-refractivity contribution >= 4 is 15.7 Å². The van der Waals surface area contributed by atoms with E-state index in [1.165, 1.54) is 22.5 Å². The van der Waals surface area contributed by atoms with E-state index < -0.39 is 14.9 Å². The molecule has 0 heterocycles. The van der Waals surface area contributed by atoms with Gasteiger partial charge in [-0.05, 0) is 24.6 Å². The van der Waals surface area contributed by atoms with E-state index in [0.717, 1.165) is 11.6 Å². The van der Waals surface area contributed by atoms with Crippen LogP contribution in [0.2, 0.25) is 0 Å². The zero-order valence-corrected chi connectivity index (χ0v) is 13.9. The largest absolute Gasteiger partial charge is 0.330 e. The molecule has 7 nitrogen and oxygen atoms in total. The maximum Gasteiger partial charge on any atom is 0.270 e.